The van der Waals surface area contributed by atoms with Gasteiger partial charge in [0.25, 0.3) is 0 Å². The second-order valence-corrected chi connectivity index (χ2v) is 6.83. The second-order valence-electron chi connectivity index (χ2n) is 4.10. The van der Waals surface area contributed by atoms with Crippen molar-refractivity contribution >= 4 is 13.3 Å². The van der Waals surface area contributed by atoms with E-state index in [1.165, 1.54) is 19.3 Å². The molecule has 0 nitrogen and oxygen atoms in total. The van der Waals surface area contributed by atoms with Gasteiger partial charge < -0.3 is 0 Å². The molecule has 0 bridgehead atoms. The molecule has 12 heavy (non-hydrogen) atoms. The van der Waals surface area contributed by atoms with Crippen molar-refractivity contribution in [3.05, 3.63) is 0 Å². The fourth-order valence-corrected chi connectivity index (χ4v) is 2.38. The molecule has 0 saturated heterocycles. The van der Waals surface area contributed by atoms with E-state index < -0.39 is 0 Å². The average molecular weight is 187 g/mol. The third-order valence-electron chi connectivity index (χ3n) is 2.51. The quantitative estimate of drug-likeness (QED) is 0.567. The molecule has 0 aliphatic heterocycles. The van der Waals surface area contributed by atoms with Crippen LogP contribution in [-0.4, -0.2) is 18.1 Å². The van der Waals surface area contributed by atoms with Crippen LogP contribution in [0.1, 0.15) is 47.0 Å². The van der Waals surface area contributed by atoms with Crippen LogP contribution in [0.4, 0.5) is 0 Å². The molecule has 0 saturated carbocycles. The highest BCUT2D eigenvalue weighted by Gasteiger charge is 2.12. The maximum absolute atomic E-state index is 2.39. The SMILES string of the molecule is CC=[P+](C)C(C)CCCC(C)C. The predicted octanol–water partition coefficient (Wildman–Crippen LogP) is 4.14. The van der Waals surface area contributed by atoms with Gasteiger partial charge in [-0.3, -0.25) is 0 Å². The smallest absolute Gasteiger partial charge is 0.0628 e. The molecule has 0 radical (unpaired) electrons. The van der Waals surface area contributed by atoms with Crippen molar-refractivity contribution in [3.63, 3.8) is 0 Å². The Hall–Kier alpha value is 0.170. The number of rotatable bonds is 5. The van der Waals surface area contributed by atoms with Crippen molar-refractivity contribution in [3.8, 4) is 0 Å². The van der Waals surface area contributed by atoms with Gasteiger partial charge in [-0.05, 0) is 32.6 Å². The summed E-state index contributed by atoms with van der Waals surface area (Å²) in [5, 5.41) is 0. The van der Waals surface area contributed by atoms with E-state index in [2.05, 4.69) is 40.2 Å². The maximum Gasteiger partial charge on any atom is 0.113 e. The van der Waals surface area contributed by atoms with Gasteiger partial charge >= 0.3 is 0 Å². The van der Waals surface area contributed by atoms with Crippen LogP contribution in [0.25, 0.3) is 0 Å². The molecule has 0 amide bonds. The lowest BCUT2D eigenvalue weighted by molar-refractivity contribution is 0.537. The van der Waals surface area contributed by atoms with Crippen LogP contribution in [-0.2, 0) is 0 Å². The van der Waals surface area contributed by atoms with Crippen molar-refractivity contribution in [2.75, 3.05) is 6.66 Å². The molecule has 0 fully saturated rings. The van der Waals surface area contributed by atoms with Crippen molar-refractivity contribution < 1.29 is 0 Å². The molecule has 0 aliphatic carbocycles. The lowest BCUT2D eigenvalue weighted by Crippen LogP contribution is -1.97. The van der Waals surface area contributed by atoms with E-state index >= 15 is 0 Å². The van der Waals surface area contributed by atoms with E-state index in [1.807, 2.05) is 0 Å². The van der Waals surface area contributed by atoms with Crippen LogP contribution in [0.3, 0.4) is 0 Å². The molecule has 1 heteroatoms. The first-order chi connectivity index (χ1) is 5.57. The van der Waals surface area contributed by atoms with Gasteiger partial charge in [-0.2, -0.15) is 0 Å². The summed E-state index contributed by atoms with van der Waals surface area (Å²) in [6.07, 6.45) is 4.24. The predicted molar refractivity (Wildman–Crippen MR) is 62.7 cm³/mol. The molecule has 0 rings (SSSR count). The first kappa shape index (κ1) is 12.2. The Morgan fingerprint density at radius 3 is 2.17 bits per heavy atom. The van der Waals surface area contributed by atoms with E-state index in [-0.39, 0.29) is 7.55 Å². The Morgan fingerprint density at radius 2 is 1.75 bits per heavy atom. The molecule has 0 heterocycles. The summed E-state index contributed by atoms with van der Waals surface area (Å²) in [7, 11) is 0.205. The van der Waals surface area contributed by atoms with E-state index in [0.29, 0.717) is 0 Å². The molecule has 0 aromatic heterocycles. The van der Waals surface area contributed by atoms with Gasteiger partial charge in [-0.15, -0.1) is 0 Å². The second kappa shape index (κ2) is 6.66. The average Bonchev–Trinajstić information content (AvgIpc) is 2.02. The van der Waals surface area contributed by atoms with Crippen LogP contribution in [0.5, 0.6) is 0 Å². The van der Waals surface area contributed by atoms with Crippen molar-refractivity contribution in [2.24, 2.45) is 5.92 Å². The zero-order chi connectivity index (χ0) is 9.56. The summed E-state index contributed by atoms with van der Waals surface area (Å²) in [5.41, 5.74) is 0.934. The molecule has 0 aliphatic rings. The van der Waals surface area contributed by atoms with Gasteiger partial charge in [-0.1, -0.05) is 20.3 Å². The molecule has 0 N–H and O–H groups in total. The minimum absolute atomic E-state index is 0.205. The monoisotopic (exact) mass is 187 g/mol. The molecular weight excluding hydrogens is 163 g/mol. The standard InChI is InChI=1S/C11H24P/c1-6-12(5)11(4)9-7-8-10(2)3/h6,10-11H,7-9H2,1-5H3/q+1. The molecular formula is C11H24P+. The lowest BCUT2D eigenvalue weighted by atomic mass is 10.1. The van der Waals surface area contributed by atoms with Gasteiger partial charge in [0.1, 0.15) is 5.66 Å². The molecule has 2 unspecified atom stereocenters. The molecule has 72 valence electrons. The normalized spacial score (nSPS) is 15.3. The third-order valence-corrected chi connectivity index (χ3v) is 4.97. The van der Waals surface area contributed by atoms with Gasteiger partial charge in [-0.25, -0.2) is 0 Å². The fourth-order valence-electron chi connectivity index (χ4n) is 1.28. The van der Waals surface area contributed by atoms with E-state index in [0.717, 1.165) is 11.6 Å². The minimum Gasteiger partial charge on any atom is -0.0628 e. The summed E-state index contributed by atoms with van der Waals surface area (Å²) in [6, 6.07) is 0. The fraction of sp³-hybridized carbons (Fsp3) is 0.909. The Balaban J connectivity index is 3.51. The highest BCUT2D eigenvalue weighted by Crippen LogP contribution is 2.28. The van der Waals surface area contributed by atoms with Crippen LogP contribution in [0.15, 0.2) is 0 Å². The van der Waals surface area contributed by atoms with Gasteiger partial charge in [0.05, 0.1) is 20.0 Å². The highest BCUT2D eigenvalue weighted by atomic mass is 31.1. The third kappa shape index (κ3) is 5.77. The Bertz CT molecular complexity index is 136. The molecule has 0 aromatic carbocycles. The Labute approximate surface area is 79.1 Å². The summed E-state index contributed by atoms with van der Waals surface area (Å²) in [4.78, 5) is 0. The van der Waals surface area contributed by atoms with Crippen molar-refractivity contribution in [1.29, 1.82) is 0 Å². The zero-order valence-corrected chi connectivity index (χ0v) is 10.2. The van der Waals surface area contributed by atoms with Crippen molar-refractivity contribution in [2.45, 2.75) is 52.6 Å². The molecule has 0 spiro atoms. The first-order valence-corrected chi connectivity index (χ1v) is 7.02. The zero-order valence-electron chi connectivity index (χ0n) is 9.30. The maximum atomic E-state index is 2.39. The van der Waals surface area contributed by atoms with Crippen LogP contribution in [0, 0.1) is 5.92 Å². The molecule has 0 aromatic rings. The summed E-state index contributed by atoms with van der Waals surface area (Å²) >= 11 is 0. The van der Waals surface area contributed by atoms with Gasteiger partial charge in [0.2, 0.25) is 0 Å². The van der Waals surface area contributed by atoms with Crippen LogP contribution < -0.4 is 0 Å². The summed E-state index contributed by atoms with van der Waals surface area (Å²) in [5.74, 6) is 3.26. The van der Waals surface area contributed by atoms with E-state index in [1.54, 1.807) is 0 Å². The van der Waals surface area contributed by atoms with Crippen LogP contribution in [0.2, 0.25) is 0 Å². The van der Waals surface area contributed by atoms with Crippen LogP contribution >= 0.6 is 7.55 Å². The van der Waals surface area contributed by atoms with E-state index in [9.17, 15) is 0 Å². The highest BCUT2D eigenvalue weighted by molar-refractivity contribution is 7.57. The topological polar surface area (TPSA) is 0 Å². The van der Waals surface area contributed by atoms with E-state index in [4.69, 9.17) is 0 Å². The summed E-state index contributed by atoms with van der Waals surface area (Å²) in [6.45, 7) is 11.6. The largest absolute Gasteiger partial charge is 0.113 e. The summed E-state index contributed by atoms with van der Waals surface area (Å²) < 4.78 is 0. The minimum atomic E-state index is 0.205. The number of hydrogen-bond donors (Lipinski definition) is 0. The van der Waals surface area contributed by atoms with Crippen molar-refractivity contribution in [1.82, 2.24) is 0 Å². The molecule has 2 atom stereocenters. The Morgan fingerprint density at radius 1 is 1.17 bits per heavy atom. The first-order valence-electron chi connectivity index (χ1n) is 5.09. The lowest BCUT2D eigenvalue weighted by Gasteiger charge is -2.05. The Kier molecular flexibility index (Phi) is 6.76. The van der Waals surface area contributed by atoms with Gasteiger partial charge in [0, 0.05) is 0 Å². The van der Waals surface area contributed by atoms with Gasteiger partial charge in [0.15, 0.2) is 0 Å². The number of hydrogen-bond acceptors (Lipinski definition) is 0.